The van der Waals surface area contributed by atoms with E-state index in [-0.39, 0.29) is 0 Å². The summed E-state index contributed by atoms with van der Waals surface area (Å²) in [6.45, 7) is 5.28. The second-order valence-corrected chi connectivity index (χ2v) is 4.07. The normalized spacial score (nSPS) is 11.2. The summed E-state index contributed by atoms with van der Waals surface area (Å²) in [6, 6.07) is 8.40. The number of hydrogen-bond donors (Lipinski definition) is 0. The molecule has 0 aromatic heterocycles. The smallest absolute Gasteiger partial charge is 0.261 e. The number of carbonyl (C=O) groups excluding carboxylic acids is 1. The Balaban J connectivity index is 2.27. The van der Waals surface area contributed by atoms with Crippen molar-refractivity contribution in [3.05, 3.63) is 35.9 Å². The third kappa shape index (κ3) is 4.88. The molecule has 0 aliphatic rings. The molecule has 5 nitrogen and oxygen atoms in total. The molecule has 0 unspecified atom stereocenters. The van der Waals surface area contributed by atoms with Gasteiger partial charge >= 0.3 is 5.97 Å². The van der Waals surface area contributed by atoms with Gasteiger partial charge in [0.15, 0.2) is 0 Å². The molecule has 0 saturated carbocycles. The predicted molar refractivity (Wildman–Crippen MR) is 54.9 cm³/mol. The molecule has 1 rings (SSSR count). The van der Waals surface area contributed by atoms with Gasteiger partial charge in [-0.25, -0.2) is 4.79 Å². The van der Waals surface area contributed by atoms with Crippen molar-refractivity contribution in [3.63, 3.8) is 0 Å². The van der Waals surface area contributed by atoms with Crippen LogP contribution in [0.4, 0.5) is 0 Å². The van der Waals surface area contributed by atoms with Gasteiger partial charge in [0.1, 0.15) is 0 Å². The molecule has 0 amide bonds. The van der Waals surface area contributed by atoms with Gasteiger partial charge in [0, 0.05) is 5.04 Å². The average Bonchev–Trinajstić information content (AvgIpc) is 2.24. The molecule has 0 bridgehead atoms. The largest absolute Gasteiger partial charge is 0.376 e. The van der Waals surface area contributed by atoms with E-state index in [1.54, 1.807) is 51.1 Å². The minimum absolute atomic E-state index is 0.363. The van der Waals surface area contributed by atoms with Gasteiger partial charge in [0.25, 0.3) is 0 Å². The van der Waals surface area contributed by atoms with Crippen molar-refractivity contribution < 1.29 is 24.6 Å². The summed E-state index contributed by atoms with van der Waals surface area (Å²) in [6.07, 6.45) is 0. The molecule has 0 heterocycles. The highest BCUT2D eigenvalue weighted by Gasteiger charge is 2.14. The molecule has 16 heavy (non-hydrogen) atoms. The van der Waals surface area contributed by atoms with Gasteiger partial charge in [-0.3, -0.25) is 4.89 Å². The van der Waals surface area contributed by atoms with Crippen molar-refractivity contribution in [2.45, 2.75) is 26.4 Å². The predicted octanol–water partition coefficient (Wildman–Crippen LogP) is 2.44. The zero-order chi connectivity index (χ0) is 12.0. The Kier molecular flexibility index (Phi) is 4.42. The van der Waals surface area contributed by atoms with E-state index < -0.39 is 11.6 Å². The van der Waals surface area contributed by atoms with E-state index in [1.165, 1.54) is 0 Å². The maximum Gasteiger partial charge on any atom is 0.376 e. The van der Waals surface area contributed by atoms with Gasteiger partial charge in [-0.2, -0.15) is 4.89 Å². The molecule has 1 aromatic rings. The maximum atomic E-state index is 11.3. The first-order valence-corrected chi connectivity index (χ1v) is 4.77. The minimum atomic E-state index is -0.655. The fraction of sp³-hybridized carbons (Fsp3) is 0.364. The molecule has 0 aliphatic heterocycles. The monoisotopic (exact) mass is 226 g/mol. The zero-order valence-corrected chi connectivity index (χ0v) is 9.43. The first-order chi connectivity index (χ1) is 7.49. The average molecular weight is 226 g/mol. The van der Waals surface area contributed by atoms with E-state index in [9.17, 15) is 4.79 Å². The van der Waals surface area contributed by atoms with Crippen LogP contribution in [0, 0.1) is 0 Å². The third-order valence-electron chi connectivity index (χ3n) is 1.43. The van der Waals surface area contributed by atoms with Crippen molar-refractivity contribution in [1.82, 2.24) is 0 Å². The number of rotatable bonds is 4. The van der Waals surface area contributed by atoms with Crippen LogP contribution in [0.3, 0.4) is 0 Å². The van der Waals surface area contributed by atoms with Crippen molar-refractivity contribution in [3.8, 4) is 0 Å². The van der Waals surface area contributed by atoms with Crippen LogP contribution in [0.1, 0.15) is 31.1 Å². The zero-order valence-electron chi connectivity index (χ0n) is 9.43. The lowest BCUT2D eigenvalue weighted by molar-refractivity contribution is -0.631. The van der Waals surface area contributed by atoms with E-state index in [0.717, 1.165) is 0 Å². The van der Waals surface area contributed by atoms with Crippen LogP contribution < -0.4 is 0 Å². The Morgan fingerprint density at radius 3 is 2.25 bits per heavy atom. The second kappa shape index (κ2) is 5.60. The topological polar surface area (TPSA) is 54.0 Å². The third-order valence-corrected chi connectivity index (χ3v) is 1.43. The molecule has 0 aliphatic carbocycles. The van der Waals surface area contributed by atoms with Crippen molar-refractivity contribution in [1.29, 1.82) is 0 Å². The molecule has 0 fully saturated rings. The van der Waals surface area contributed by atoms with Gasteiger partial charge in [-0.15, -0.1) is 0 Å². The molecule has 0 radical (unpaired) electrons. The number of hydrogen-bond acceptors (Lipinski definition) is 5. The van der Waals surface area contributed by atoms with E-state index in [0.29, 0.717) is 5.56 Å². The molecule has 0 spiro atoms. The summed E-state index contributed by atoms with van der Waals surface area (Å²) in [4.78, 5) is 20.3. The Hall–Kier alpha value is -1.43. The van der Waals surface area contributed by atoms with Gasteiger partial charge in [-0.05, 0) is 37.9 Å². The summed E-state index contributed by atoms with van der Waals surface area (Å²) in [5, 5.41) is 8.40. The van der Waals surface area contributed by atoms with Crippen LogP contribution in [0.5, 0.6) is 0 Å². The molecule has 0 atom stereocenters. The molecule has 88 valence electrons. The van der Waals surface area contributed by atoms with E-state index in [2.05, 4.69) is 15.0 Å². The van der Waals surface area contributed by atoms with Crippen molar-refractivity contribution >= 4 is 5.97 Å². The molecule has 0 N–H and O–H groups in total. The first kappa shape index (κ1) is 12.6. The molecule has 5 heteroatoms. The molecule has 1 aromatic carbocycles. The summed E-state index contributed by atoms with van der Waals surface area (Å²) < 4.78 is 0. The highest BCUT2D eigenvalue weighted by molar-refractivity contribution is 5.88. The Morgan fingerprint density at radius 2 is 1.69 bits per heavy atom. The van der Waals surface area contributed by atoms with Gasteiger partial charge in [0.05, 0.1) is 11.2 Å². The maximum absolute atomic E-state index is 11.3. The van der Waals surface area contributed by atoms with E-state index in [4.69, 9.17) is 4.89 Å². The summed E-state index contributed by atoms with van der Waals surface area (Å²) in [7, 11) is 0. The summed E-state index contributed by atoms with van der Waals surface area (Å²) >= 11 is 0. The highest BCUT2D eigenvalue weighted by Crippen LogP contribution is 2.08. The molecular weight excluding hydrogens is 212 g/mol. The van der Waals surface area contributed by atoms with Crippen LogP contribution in [-0.4, -0.2) is 11.6 Å². The fourth-order valence-electron chi connectivity index (χ4n) is 0.783. The van der Waals surface area contributed by atoms with Crippen LogP contribution in [-0.2, 0) is 19.9 Å². The van der Waals surface area contributed by atoms with Crippen molar-refractivity contribution in [2.75, 3.05) is 0 Å². The summed E-state index contributed by atoms with van der Waals surface area (Å²) in [5.74, 6) is -0.655. The number of benzene rings is 1. The van der Waals surface area contributed by atoms with Gasteiger partial charge in [0.2, 0.25) is 0 Å². The van der Waals surface area contributed by atoms with Gasteiger partial charge in [-0.1, -0.05) is 18.2 Å². The van der Waals surface area contributed by atoms with Crippen LogP contribution >= 0.6 is 0 Å². The first-order valence-electron chi connectivity index (χ1n) is 4.77. The van der Waals surface area contributed by atoms with Crippen LogP contribution in [0.25, 0.3) is 0 Å². The van der Waals surface area contributed by atoms with E-state index >= 15 is 0 Å². The standard InChI is InChI=1S/C11H14O5/c1-11(2,3)14-16-15-13-10(12)9-7-5-4-6-8-9/h4-8H,1-3H3. The Bertz CT molecular complexity index is 328. The van der Waals surface area contributed by atoms with Gasteiger partial charge < -0.3 is 0 Å². The lowest BCUT2D eigenvalue weighted by Gasteiger charge is -2.14. The van der Waals surface area contributed by atoms with Crippen LogP contribution in [0.15, 0.2) is 30.3 Å². The van der Waals surface area contributed by atoms with Crippen molar-refractivity contribution in [2.24, 2.45) is 0 Å². The SMILES string of the molecule is CC(C)(C)OOOOC(=O)c1ccccc1. The summed E-state index contributed by atoms with van der Waals surface area (Å²) in [5.41, 5.74) is -0.180. The number of carbonyl (C=O) groups is 1. The highest BCUT2D eigenvalue weighted by atomic mass is 17.7. The minimum Gasteiger partial charge on any atom is -0.261 e. The Morgan fingerprint density at radius 1 is 1.06 bits per heavy atom. The molecule has 0 saturated heterocycles. The fourth-order valence-corrected chi connectivity index (χ4v) is 0.783. The Labute approximate surface area is 93.7 Å². The van der Waals surface area contributed by atoms with Crippen LogP contribution in [0.2, 0.25) is 0 Å². The lowest BCUT2D eigenvalue weighted by Crippen LogP contribution is -2.20. The second-order valence-electron chi connectivity index (χ2n) is 4.07. The quantitative estimate of drug-likeness (QED) is 0.448. The van der Waals surface area contributed by atoms with E-state index in [1.807, 2.05) is 0 Å². The molecular formula is C11H14O5. The lowest BCUT2D eigenvalue weighted by atomic mass is 10.2.